The molecule has 0 saturated heterocycles. The summed E-state index contributed by atoms with van der Waals surface area (Å²) in [6, 6.07) is 9.64. The van der Waals surface area contributed by atoms with E-state index in [1.807, 2.05) is 6.07 Å². The number of benzene rings is 1. The zero-order chi connectivity index (χ0) is 13.5. The first-order chi connectivity index (χ1) is 9.24. The molecule has 2 aromatic rings. The molecule has 19 heavy (non-hydrogen) atoms. The third kappa shape index (κ3) is 4.51. The van der Waals surface area contributed by atoms with Crippen LogP contribution in [0.2, 0.25) is 0 Å². The number of nitrogens with zero attached hydrogens (tertiary/aromatic N) is 1. The number of hydrogen-bond donors (Lipinski definition) is 2. The Kier molecular flexibility index (Phi) is 4.63. The van der Waals surface area contributed by atoms with E-state index < -0.39 is 0 Å². The van der Waals surface area contributed by atoms with Gasteiger partial charge in [-0.1, -0.05) is 12.1 Å². The molecule has 2 rings (SSSR count). The molecular formula is C13H12FN3OS. The van der Waals surface area contributed by atoms with E-state index in [0.717, 1.165) is 11.3 Å². The fourth-order valence-electron chi connectivity index (χ4n) is 1.33. The Morgan fingerprint density at radius 3 is 2.79 bits per heavy atom. The summed E-state index contributed by atoms with van der Waals surface area (Å²) in [5, 5.41) is 7.26. The highest BCUT2D eigenvalue weighted by Gasteiger charge is 1.96. The van der Waals surface area contributed by atoms with Crippen molar-refractivity contribution < 1.29 is 8.81 Å². The SMILES string of the molecule is Fc1ccc(/C=N\NC(=S)NCc2ccco2)cc1. The monoisotopic (exact) mass is 277 g/mol. The molecule has 0 spiro atoms. The highest BCUT2D eigenvalue weighted by molar-refractivity contribution is 7.80. The quantitative estimate of drug-likeness (QED) is 0.512. The summed E-state index contributed by atoms with van der Waals surface area (Å²) in [5.74, 6) is 0.507. The topological polar surface area (TPSA) is 49.6 Å². The van der Waals surface area contributed by atoms with Gasteiger partial charge in [-0.05, 0) is 42.0 Å². The predicted octanol–water partition coefficient (Wildman–Crippen LogP) is 2.42. The van der Waals surface area contributed by atoms with Crippen LogP contribution < -0.4 is 10.7 Å². The smallest absolute Gasteiger partial charge is 0.187 e. The summed E-state index contributed by atoms with van der Waals surface area (Å²) in [5.41, 5.74) is 3.44. The van der Waals surface area contributed by atoms with Crippen molar-refractivity contribution in [3.8, 4) is 0 Å². The Bertz CT molecular complexity index is 552. The fraction of sp³-hybridized carbons (Fsp3) is 0.0769. The third-order valence-corrected chi connectivity index (χ3v) is 2.49. The van der Waals surface area contributed by atoms with Crippen LogP contribution >= 0.6 is 12.2 Å². The van der Waals surface area contributed by atoms with Crippen LogP contribution in [0.5, 0.6) is 0 Å². The highest BCUT2D eigenvalue weighted by Crippen LogP contribution is 2.00. The maximum Gasteiger partial charge on any atom is 0.187 e. The van der Waals surface area contributed by atoms with E-state index >= 15 is 0 Å². The van der Waals surface area contributed by atoms with Crippen LogP contribution in [0.4, 0.5) is 4.39 Å². The lowest BCUT2D eigenvalue weighted by Crippen LogP contribution is -2.31. The highest BCUT2D eigenvalue weighted by atomic mass is 32.1. The molecule has 0 unspecified atom stereocenters. The van der Waals surface area contributed by atoms with Crippen molar-refractivity contribution in [3.63, 3.8) is 0 Å². The zero-order valence-electron chi connectivity index (χ0n) is 9.97. The summed E-state index contributed by atoms with van der Waals surface area (Å²) in [4.78, 5) is 0. The molecule has 4 nitrogen and oxygen atoms in total. The van der Waals surface area contributed by atoms with Crippen LogP contribution in [-0.2, 0) is 6.54 Å². The van der Waals surface area contributed by atoms with E-state index in [0.29, 0.717) is 11.7 Å². The van der Waals surface area contributed by atoms with Crippen LogP contribution in [0.1, 0.15) is 11.3 Å². The summed E-state index contributed by atoms with van der Waals surface area (Å²) in [6.07, 6.45) is 3.15. The number of rotatable bonds is 4. The summed E-state index contributed by atoms with van der Waals surface area (Å²) in [6.45, 7) is 0.491. The maximum atomic E-state index is 12.7. The van der Waals surface area contributed by atoms with E-state index in [4.69, 9.17) is 16.6 Å². The fourth-order valence-corrected chi connectivity index (χ4v) is 1.46. The molecule has 0 aliphatic heterocycles. The molecule has 98 valence electrons. The van der Waals surface area contributed by atoms with Crippen molar-refractivity contribution >= 4 is 23.5 Å². The van der Waals surface area contributed by atoms with Crippen molar-refractivity contribution in [1.29, 1.82) is 0 Å². The average molecular weight is 277 g/mol. The summed E-state index contributed by atoms with van der Waals surface area (Å²) in [7, 11) is 0. The predicted molar refractivity (Wildman–Crippen MR) is 75.3 cm³/mol. The molecule has 0 aliphatic rings. The number of nitrogens with one attached hydrogen (secondary N) is 2. The van der Waals surface area contributed by atoms with E-state index in [-0.39, 0.29) is 5.82 Å². The molecule has 0 saturated carbocycles. The molecule has 1 aromatic carbocycles. The second-order valence-corrected chi connectivity index (χ2v) is 4.09. The summed E-state index contributed by atoms with van der Waals surface area (Å²) < 4.78 is 17.8. The zero-order valence-corrected chi connectivity index (χ0v) is 10.8. The minimum absolute atomic E-state index is 0.277. The first kappa shape index (κ1) is 13.2. The first-order valence-electron chi connectivity index (χ1n) is 5.59. The van der Waals surface area contributed by atoms with Crippen LogP contribution in [0.25, 0.3) is 0 Å². The van der Waals surface area contributed by atoms with Crippen LogP contribution in [0.15, 0.2) is 52.2 Å². The van der Waals surface area contributed by atoms with E-state index in [1.165, 1.54) is 12.1 Å². The van der Waals surface area contributed by atoms with Crippen LogP contribution in [0.3, 0.4) is 0 Å². The van der Waals surface area contributed by atoms with Crippen molar-refractivity contribution in [2.24, 2.45) is 5.10 Å². The lowest BCUT2D eigenvalue weighted by molar-refractivity contribution is 0.502. The molecule has 0 fully saturated rings. The number of hydrazone groups is 1. The second-order valence-electron chi connectivity index (χ2n) is 3.68. The molecule has 0 aliphatic carbocycles. The molecule has 6 heteroatoms. The standard InChI is InChI=1S/C13H12FN3OS/c14-11-5-3-10(4-6-11)8-16-17-13(19)15-9-12-2-1-7-18-12/h1-8H,9H2,(H2,15,17,19)/b16-8-. The Morgan fingerprint density at radius 2 is 2.11 bits per heavy atom. The normalized spacial score (nSPS) is 10.6. The average Bonchev–Trinajstić information content (AvgIpc) is 2.92. The van der Waals surface area contributed by atoms with Gasteiger partial charge in [-0.3, -0.25) is 5.43 Å². The molecule has 1 aromatic heterocycles. The number of halogens is 1. The lowest BCUT2D eigenvalue weighted by atomic mass is 10.2. The lowest BCUT2D eigenvalue weighted by Gasteiger charge is -2.04. The van der Waals surface area contributed by atoms with Crippen molar-refractivity contribution in [3.05, 3.63) is 59.8 Å². The Balaban J connectivity index is 1.75. The molecule has 0 bridgehead atoms. The molecule has 0 radical (unpaired) electrons. The molecule has 0 atom stereocenters. The maximum absolute atomic E-state index is 12.7. The van der Waals surface area contributed by atoms with Crippen molar-refractivity contribution in [2.45, 2.75) is 6.54 Å². The minimum atomic E-state index is -0.277. The van der Waals surface area contributed by atoms with Gasteiger partial charge in [0.15, 0.2) is 5.11 Å². The number of furan rings is 1. The van der Waals surface area contributed by atoms with E-state index in [1.54, 1.807) is 30.7 Å². The van der Waals surface area contributed by atoms with Gasteiger partial charge in [0.05, 0.1) is 19.0 Å². The second kappa shape index (κ2) is 6.65. The first-order valence-corrected chi connectivity index (χ1v) is 6.00. The van der Waals surface area contributed by atoms with Crippen LogP contribution in [0, 0.1) is 5.82 Å². The van der Waals surface area contributed by atoms with Gasteiger partial charge in [0.1, 0.15) is 11.6 Å². The van der Waals surface area contributed by atoms with Gasteiger partial charge in [-0.15, -0.1) is 0 Å². The van der Waals surface area contributed by atoms with Crippen LogP contribution in [-0.4, -0.2) is 11.3 Å². The minimum Gasteiger partial charge on any atom is -0.467 e. The Hall–Kier alpha value is -2.21. The van der Waals surface area contributed by atoms with E-state index in [9.17, 15) is 4.39 Å². The van der Waals surface area contributed by atoms with E-state index in [2.05, 4.69) is 15.8 Å². The van der Waals surface area contributed by atoms with Gasteiger partial charge < -0.3 is 9.73 Å². The number of thiocarbonyl (C=S) groups is 1. The van der Waals surface area contributed by atoms with Gasteiger partial charge in [-0.25, -0.2) is 4.39 Å². The van der Waals surface area contributed by atoms with Gasteiger partial charge in [-0.2, -0.15) is 5.10 Å². The largest absolute Gasteiger partial charge is 0.467 e. The molecular weight excluding hydrogens is 265 g/mol. The molecule has 2 N–H and O–H groups in total. The molecule has 1 heterocycles. The number of hydrogen-bond acceptors (Lipinski definition) is 3. The third-order valence-electron chi connectivity index (χ3n) is 2.25. The summed E-state index contributed by atoms with van der Waals surface area (Å²) >= 11 is 5.03. The Labute approximate surface area is 115 Å². The van der Waals surface area contributed by atoms with Crippen molar-refractivity contribution in [2.75, 3.05) is 0 Å². The van der Waals surface area contributed by atoms with Gasteiger partial charge in [0.25, 0.3) is 0 Å². The van der Waals surface area contributed by atoms with Gasteiger partial charge >= 0.3 is 0 Å². The Morgan fingerprint density at radius 1 is 1.32 bits per heavy atom. The molecule has 0 amide bonds. The van der Waals surface area contributed by atoms with Gasteiger partial charge in [0, 0.05) is 0 Å². The van der Waals surface area contributed by atoms with Crippen molar-refractivity contribution in [1.82, 2.24) is 10.7 Å². The van der Waals surface area contributed by atoms with Gasteiger partial charge in [0.2, 0.25) is 0 Å².